The van der Waals surface area contributed by atoms with Gasteiger partial charge in [-0.2, -0.15) is 39.5 Å². The van der Waals surface area contributed by atoms with Gasteiger partial charge in [0.2, 0.25) is 5.78 Å². The Balaban J connectivity index is 1.73. The molecule has 12 heteroatoms. The molecule has 0 aromatic heterocycles. The molecule has 2 aliphatic rings. The maximum Gasteiger partial charge on any atom is 0.417 e. The third-order valence-corrected chi connectivity index (χ3v) is 7.43. The number of Topliss-reactive ketones (excluding diaryl/α,β-unsaturated/α-hetero) is 1. The average Bonchev–Trinajstić information content (AvgIpc) is 3.10. The Labute approximate surface area is 193 Å². The number of rotatable bonds is 3. The summed E-state index contributed by atoms with van der Waals surface area (Å²) in [7, 11) is 0.260. The normalized spacial score (nSPS) is 16.0. The van der Waals surface area contributed by atoms with E-state index in [-0.39, 0.29) is 33.4 Å². The molecule has 0 aliphatic heterocycles. The molecule has 0 atom stereocenters. The van der Waals surface area contributed by atoms with Crippen molar-refractivity contribution >= 4 is 39.0 Å². The van der Waals surface area contributed by atoms with Gasteiger partial charge in [0.25, 0.3) is 0 Å². The fourth-order valence-electron chi connectivity index (χ4n) is 3.44. The Morgan fingerprint density at radius 2 is 1.26 bits per heavy atom. The van der Waals surface area contributed by atoms with E-state index in [1.807, 2.05) is 0 Å². The van der Waals surface area contributed by atoms with Crippen LogP contribution in [0.25, 0.3) is 11.6 Å². The molecule has 0 unspecified atom stereocenters. The minimum Gasteiger partial charge on any atom is -0.288 e. The number of carbonyl (C=O) groups excluding carboxylic acids is 1. The fraction of sp³-hybridized carbons (Fsp3) is 0.136. The second-order valence-corrected chi connectivity index (χ2v) is 9.33. The molecule has 0 fully saturated rings. The lowest BCUT2D eigenvalue weighted by Gasteiger charge is -2.21. The summed E-state index contributed by atoms with van der Waals surface area (Å²) in [6, 6.07) is 6.26. The van der Waals surface area contributed by atoms with Gasteiger partial charge in [-0.25, -0.2) is 0 Å². The Hall–Kier alpha value is -2.60. The van der Waals surface area contributed by atoms with E-state index in [4.69, 9.17) is 0 Å². The Kier molecular flexibility index (Phi) is 5.96. The SMILES string of the molecule is O=C1C(SSc2c(C(F)(F)F)cc(C(F)(F)F)cc2C(F)(F)F)=CC=C2C1=Cc1ccccc12. The Bertz CT molecular complexity index is 1240. The van der Waals surface area contributed by atoms with Crippen LogP contribution in [0.3, 0.4) is 0 Å². The summed E-state index contributed by atoms with van der Waals surface area (Å²) in [5.74, 6) is -0.611. The van der Waals surface area contributed by atoms with Crippen LogP contribution in [0.5, 0.6) is 0 Å². The van der Waals surface area contributed by atoms with E-state index in [1.54, 1.807) is 30.3 Å². The number of hydrogen-bond donors (Lipinski definition) is 0. The molecular weight excluding hydrogens is 515 g/mol. The summed E-state index contributed by atoms with van der Waals surface area (Å²) < 4.78 is 120. The number of carbonyl (C=O) groups is 1. The Morgan fingerprint density at radius 3 is 1.82 bits per heavy atom. The summed E-state index contributed by atoms with van der Waals surface area (Å²) in [5, 5.41) is 0. The van der Waals surface area contributed by atoms with Crippen LogP contribution >= 0.6 is 21.6 Å². The predicted octanol–water partition coefficient (Wildman–Crippen LogP) is 8.43. The van der Waals surface area contributed by atoms with E-state index >= 15 is 0 Å². The van der Waals surface area contributed by atoms with Gasteiger partial charge in [-0.15, -0.1) is 0 Å². The minimum atomic E-state index is -5.50. The summed E-state index contributed by atoms with van der Waals surface area (Å²) in [6.45, 7) is 0. The van der Waals surface area contributed by atoms with Crippen molar-refractivity contribution in [3.05, 3.63) is 86.8 Å². The quantitative estimate of drug-likeness (QED) is 0.296. The highest BCUT2D eigenvalue weighted by Gasteiger charge is 2.45. The van der Waals surface area contributed by atoms with Gasteiger partial charge >= 0.3 is 18.5 Å². The molecule has 0 heterocycles. The van der Waals surface area contributed by atoms with Crippen molar-refractivity contribution < 1.29 is 44.3 Å². The summed E-state index contributed by atoms with van der Waals surface area (Å²) >= 11 is 0. The van der Waals surface area contributed by atoms with E-state index < -0.39 is 45.9 Å². The van der Waals surface area contributed by atoms with Gasteiger partial charge in [0.1, 0.15) is 0 Å². The van der Waals surface area contributed by atoms with Gasteiger partial charge in [-0.3, -0.25) is 4.79 Å². The zero-order chi connectivity index (χ0) is 25.1. The van der Waals surface area contributed by atoms with Gasteiger partial charge < -0.3 is 0 Å². The molecule has 0 amide bonds. The van der Waals surface area contributed by atoms with Crippen LogP contribution in [0.2, 0.25) is 0 Å². The molecule has 0 saturated heterocycles. The van der Waals surface area contributed by atoms with Gasteiger partial charge in [0.15, 0.2) is 0 Å². The number of halogens is 9. The smallest absolute Gasteiger partial charge is 0.288 e. The summed E-state index contributed by atoms with van der Waals surface area (Å²) in [4.78, 5) is 11.2. The molecule has 0 N–H and O–H groups in total. The van der Waals surface area contributed by atoms with Crippen molar-refractivity contribution in [2.24, 2.45) is 0 Å². The fourth-order valence-corrected chi connectivity index (χ4v) is 5.90. The maximum atomic E-state index is 13.5. The van der Waals surface area contributed by atoms with E-state index in [2.05, 4.69) is 0 Å². The van der Waals surface area contributed by atoms with Crippen molar-refractivity contribution in [2.75, 3.05) is 0 Å². The third kappa shape index (κ3) is 4.52. The van der Waals surface area contributed by atoms with Gasteiger partial charge in [0.05, 0.1) is 21.6 Å². The van der Waals surface area contributed by atoms with Crippen molar-refractivity contribution in [3.63, 3.8) is 0 Å². The molecule has 2 aliphatic carbocycles. The second kappa shape index (κ2) is 8.26. The molecule has 1 nitrogen and oxygen atoms in total. The molecule has 0 spiro atoms. The highest BCUT2D eigenvalue weighted by Crippen LogP contribution is 2.52. The van der Waals surface area contributed by atoms with E-state index in [9.17, 15) is 44.3 Å². The number of ketones is 1. The number of hydrogen-bond acceptors (Lipinski definition) is 3. The van der Waals surface area contributed by atoms with Crippen molar-refractivity contribution in [1.29, 1.82) is 0 Å². The predicted molar refractivity (Wildman–Crippen MR) is 110 cm³/mol. The van der Waals surface area contributed by atoms with Crippen LogP contribution < -0.4 is 0 Å². The maximum absolute atomic E-state index is 13.5. The first kappa shape index (κ1) is 24.5. The van der Waals surface area contributed by atoms with E-state index in [1.165, 1.54) is 12.2 Å². The molecule has 0 radical (unpaired) electrons. The number of allylic oxidation sites excluding steroid dienone is 5. The largest absolute Gasteiger partial charge is 0.417 e. The van der Waals surface area contributed by atoms with Crippen LogP contribution in [-0.4, -0.2) is 5.78 Å². The summed E-state index contributed by atoms with van der Waals surface area (Å²) in [6.07, 6.45) is -12.1. The van der Waals surface area contributed by atoms with Gasteiger partial charge in [-0.05, 0) is 51.8 Å². The van der Waals surface area contributed by atoms with Crippen molar-refractivity contribution in [2.45, 2.75) is 23.4 Å². The molecule has 34 heavy (non-hydrogen) atoms. The van der Waals surface area contributed by atoms with Crippen LogP contribution in [0.15, 0.2) is 63.9 Å². The van der Waals surface area contributed by atoms with Gasteiger partial charge in [-0.1, -0.05) is 41.1 Å². The monoisotopic (exact) mass is 524 g/mol. The number of alkyl halides is 9. The van der Waals surface area contributed by atoms with Crippen molar-refractivity contribution in [1.82, 2.24) is 0 Å². The second-order valence-electron chi connectivity index (χ2n) is 7.15. The lowest BCUT2D eigenvalue weighted by Crippen LogP contribution is -2.17. The van der Waals surface area contributed by atoms with Crippen molar-refractivity contribution in [3.8, 4) is 0 Å². The highest BCUT2D eigenvalue weighted by molar-refractivity contribution is 8.78. The first-order valence-electron chi connectivity index (χ1n) is 9.20. The van der Waals surface area contributed by atoms with Crippen LogP contribution in [0.1, 0.15) is 27.8 Å². The van der Waals surface area contributed by atoms with E-state index in [0.29, 0.717) is 16.4 Å². The highest BCUT2D eigenvalue weighted by atomic mass is 33.1. The first-order valence-corrected chi connectivity index (χ1v) is 11.3. The first-order chi connectivity index (χ1) is 15.7. The zero-order valence-electron chi connectivity index (χ0n) is 16.3. The summed E-state index contributed by atoms with van der Waals surface area (Å²) in [5.41, 5.74) is -3.97. The lowest BCUT2D eigenvalue weighted by atomic mass is 9.96. The molecular formula is C22H9F9OS2. The van der Waals surface area contributed by atoms with E-state index in [0.717, 1.165) is 11.1 Å². The van der Waals surface area contributed by atoms with Gasteiger partial charge in [0, 0.05) is 10.5 Å². The molecule has 4 rings (SSSR count). The molecule has 2 aromatic rings. The average molecular weight is 524 g/mol. The number of fused-ring (bicyclic) bond motifs is 3. The molecule has 178 valence electrons. The minimum absolute atomic E-state index is 0.0612. The van der Waals surface area contributed by atoms with Crippen LogP contribution in [0.4, 0.5) is 39.5 Å². The molecule has 0 saturated carbocycles. The molecule has 0 bridgehead atoms. The lowest BCUT2D eigenvalue weighted by molar-refractivity contribution is -0.151. The topological polar surface area (TPSA) is 17.1 Å². The standard InChI is InChI=1S/C22H9F9OS2/c23-20(24,25)11-8-15(21(26,27)28)19(16(9-11)22(29,30)31)34-33-17-6-5-13-12-4-2-1-3-10(12)7-14(13)18(17)32/h1-9H. The Morgan fingerprint density at radius 1 is 0.676 bits per heavy atom. The number of benzene rings is 2. The third-order valence-electron chi connectivity index (χ3n) is 4.95. The zero-order valence-corrected chi connectivity index (χ0v) is 18.0. The van der Waals surface area contributed by atoms with Crippen LogP contribution in [-0.2, 0) is 23.3 Å². The van der Waals surface area contributed by atoms with Crippen LogP contribution in [0, 0.1) is 0 Å². The molecule has 2 aromatic carbocycles.